The molecule has 2 aromatic carbocycles. The van der Waals surface area contributed by atoms with Crippen LogP contribution in [0, 0.1) is 0 Å². The van der Waals surface area contributed by atoms with Crippen LogP contribution in [0.4, 0.5) is 5.69 Å². The second kappa shape index (κ2) is 9.57. The van der Waals surface area contributed by atoms with Crippen LogP contribution in [-0.4, -0.2) is 59.7 Å². The Labute approximate surface area is 172 Å². The van der Waals surface area contributed by atoms with Crippen molar-refractivity contribution in [2.75, 3.05) is 44.7 Å². The van der Waals surface area contributed by atoms with E-state index in [4.69, 9.17) is 4.74 Å². The van der Waals surface area contributed by atoms with Gasteiger partial charge in [0.1, 0.15) is 11.4 Å². The van der Waals surface area contributed by atoms with Crippen LogP contribution in [0.5, 0.6) is 5.75 Å². The van der Waals surface area contributed by atoms with Gasteiger partial charge in [-0.3, -0.25) is 9.58 Å². The molecule has 6 nitrogen and oxygen atoms in total. The summed E-state index contributed by atoms with van der Waals surface area (Å²) in [6.45, 7) is 5.93. The van der Waals surface area contributed by atoms with Gasteiger partial charge in [-0.25, -0.2) is 0 Å². The van der Waals surface area contributed by atoms with Gasteiger partial charge in [0.2, 0.25) is 0 Å². The third kappa shape index (κ3) is 4.64. The molecule has 1 aliphatic heterocycles. The van der Waals surface area contributed by atoms with Crippen LogP contribution >= 0.6 is 12.4 Å². The molecule has 1 fully saturated rings. The van der Waals surface area contributed by atoms with Crippen molar-refractivity contribution >= 4 is 18.1 Å². The quantitative estimate of drug-likeness (QED) is 0.637. The Morgan fingerprint density at radius 1 is 0.893 bits per heavy atom. The van der Waals surface area contributed by atoms with Gasteiger partial charge in [0.15, 0.2) is 0 Å². The van der Waals surface area contributed by atoms with Gasteiger partial charge in [-0.05, 0) is 12.1 Å². The standard InChI is InChI=1S/C21H25N5O.ClH/c1-27-21-10-6-5-9-20(21)25-14-11-24(12-15-25)13-16-26-17-19(22-23-26)18-7-3-2-4-8-18;/h2-10,17H,11-16H2,1H3;1H. The van der Waals surface area contributed by atoms with Crippen LogP contribution in [0.25, 0.3) is 11.3 Å². The molecule has 0 saturated carbocycles. The number of halogens is 1. The minimum absolute atomic E-state index is 0. The fourth-order valence-electron chi connectivity index (χ4n) is 3.50. The SMILES string of the molecule is COc1ccccc1N1CCN(CCn2cc(-c3ccccc3)nn2)CC1.Cl. The number of nitrogens with zero attached hydrogens (tertiary/aromatic N) is 5. The largest absolute Gasteiger partial charge is 0.495 e. The monoisotopic (exact) mass is 399 g/mol. The lowest BCUT2D eigenvalue weighted by Crippen LogP contribution is -2.47. The van der Waals surface area contributed by atoms with Crippen molar-refractivity contribution in [2.45, 2.75) is 6.54 Å². The second-order valence-corrected chi connectivity index (χ2v) is 6.73. The van der Waals surface area contributed by atoms with Crippen molar-refractivity contribution in [3.05, 3.63) is 60.8 Å². The topological polar surface area (TPSA) is 46.4 Å². The highest BCUT2D eigenvalue weighted by atomic mass is 35.5. The highest BCUT2D eigenvalue weighted by molar-refractivity contribution is 5.85. The first-order valence-corrected chi connectivity index (χ1v) is 9.39. The molecule has 1 aromatic heterocycles. The number of hydrogen-bond acceptors (Lipinski definition) is 5. The first-order chi connectivity index (χ1) is 13.3. The van der Waals surface area contributed by atoms with Crippen LogP contribution in [0.15, 0.2) is 60.8 Å². The van der Waals surface area contributed by atoms with Crippen molar-refractivity contribution in [2.24, 2.45) is 0 Å². The minimum atomic E-state index is 0. The Morgan fingerprint density at radius 3 is 2.36 bits per heavy atom. The van der Waals surface area contributed by atoms with Gasteiger partial charge in [-0.2, -0.15) is 0 Å². The summed E-state index contributed by atoms with van der Waals surface area (Å²) in [4.78, 5) is 4.88. The van der Waals surface area contributed by atoms with Gasteiger partial charge in [0.05, 0.1) is 25.5 Å². The van der Waals surface area contributed by atoms with Crippen molar-refractivity contribution < 1.29 is 4.74 Å². The molecular weight excluding hydrogens is 374 g/mol. The van der Waals surface area contributed by atoms with Crippen LogP contribution < -0.4 is 9.64 Å². The predicted octanol–water partition coefficient (Wildman–Crippen LogP) is 3.20. The van der Waals surface area contributed by atoms with Gasteiger partial charge >= 0.3 is 0 Å². The van der Waals surface area contributed by atoms with Crippen LogP contribution in [-0.2, 0) is 6.54 Å². The normalized spacial score (nSPS) is 14.5. The lowest BCUT2D eigenvalue weighted by molar-refractivity contribution is 0.243. The minimum Gasteiger partial charge on any atom is -0.495 e. The number of benzene rings is 2. The van der Waals surface area contributed by atoms with Crippen molar-refractivity contribution in [3.8, 4) is 17.0 Å². The predicted molar refractivity (Wildman–Crippen MR) is 114 cm³/mol. The fraction of sp³-hybridized carbons (Fsp3) is 0.333. The number of hydrogen-bond donors (Lipinski definition) is 0. The lowest BCUT2D eigenvalue weighted by atomic mass is 10.2. The lowest BCUT2D eigenvalue weighted by Gasteiger charge is -2.36. The van der Waals surface area contributed by atoms with E-state index in [1.165, 1.54) is 5.69 Å². The van der Waals surface area contributed by atoms with Crippen molar-refractivity contribution in [3.63, 3.8) is 0 Å². The molecule has 0 bridgehead atoms. The molecule has 28 heavy (non-hydrogen) atoms. The molecule has 2 heterocycles. The van der Waals surface area contributed by atoms with E-state index in [1.54, 1.807) is 7.11 Å². The van der Waals surface area contributed by atoms with Gasteiger partial charge < -0.3 is 9.64 Å². The molecular formula is C21H26ClN5O. The summed E-state index contributed by atoms with van der Waals surface area (Å²) < 4.78 is 7.44. The zero-order valence-corrected chi connectivity index (χ0v) is 16.9. The zero-order valence-electron chi connectivity index (χ0n) is 16.1. The van der Waals surface area contributed by atoms with E-state index in [2.05, 4.69) is 44.4 Å². The summed E-state index contributed by atoms with van der Waals surface area (Å²) in [6.07, 6.45) is 2.03. The maximum absolute atomic E-state index is 5.50. The highest BCUT2D eigenvalue weighted by Crippen LogP contribution is 2.28. The molecule has 0 aliphatic carbocycles. The van der Waals surface area contributed by atoms with Gasteiger partial charge in [0, 0.05) is 38.3 Å². The maximum atomic E-state index is 5.50. The molecule has 1 aliphatic rings. The van der Waals surface area contributed by atoms with Gasteiger partial charge in [0.25, 0.3) is 0 Å². The molecule has 0 spiro atoms. The molecule has 0 N–H and O–H groups in total. The highest BCUT2D eigenvalue weighted by Gasteiger charge is 2.19. The first kappa shape index (κ1) is 20.2. The summed E-state index contributed by atoms with van der Waals surface area (Å²) >= 11 is 0. The summed E-state index contributed by atoms with van der Waals surface area (Å²) in [6, 6.07) is 18.4. The van der Waals surface area contributed by atoms with Crippen LogP contribution in [0.1, 0.15) is 0 Å². The number of para-hydroxylation sites is 2. The average Bonchev–Trinajstić information content (AvgIpc) is 3.22. The zero-order chi connectivity index (χ0) is 18.5. The molecule has 0 atom stereocenters. The van der Waals surface area contributed by atoms with Crippen molar-refractivity contribution in [1.82, 2.24) is 19.9 Å². The van der Waals surface area contributed by atoms with E-state index < -0.39 is 0 Å². The van der Waals surface area contributed by atoms with E-state index in [-0.39, 0.29) is 12.4 Å². The Balaban J connectivity index is 0.00000225. The summed E-state index contributed by atoms with van der Waals surface area (Å²) in [5.74, 6) is 0.946. The molecule has 0 radical (unpaired) electrons. The smallest absolute Gasteiger partial charge is 0.142 e. The van der Waals surface area contributed by atoms with E-state index in [0.29, 0.717) is 0 Å². The number of piperazine rings is 1. The second-order valence-electron chi connectivity index (χ2n) is 6.73. The number of ether oxygens (including phenoxy) is 1. The number of aromatic nitrogens is 3. The number of anilines is 1. The third-order valence-electron chi connectivity index (χ3n) is 5.05. The Hall–Kier alpha value is -2.57. The first-order valence-electron chi connectivity index (χ1n) is 9.39. The summed E-state index contributed by atoms with van der Waals surface area (Å²) in [5, 5.41) is 8.57. The maximum Gasteiger partial charge on any atom is 0.142 e. The molecule has 148 valence electrons. The van der Waals surface area contributed by atoms with E-state index in [9.17, 15) is 0 Å². The third-order valence-corrected chi connectivity index (χ3v) is 5.05. The van der Waals surface area contributed by atoms with Crippen LogP contribution in [0.3, 0.4) is 0 Å². The number of methoxy groups -OCH3 is 1. The van der Waals surface area contributed by atoms with Gasteiger partial charge in [-0.15, -0.1) is 17.5 Å². The Kier molecular flexibility index (Phi) is 6.90. The molecule has 0 unspecified atom stereocenters. The van der Waals surface area contributed by atoms with Crippen molar-refractivity contribution in [1.29, 1.82) is 0 Å². The molecule has 4 rings (SSSR count). The Bertz CT molecular complexity index is 862. The fourth-order valence-corrected chi connectivity index (χ4v) is 3.50. The average molecular weight is 400 g/mol. The summed E-state index contributed by atoms with van der Waals surface area (Å²) in [5.41, 5.74) is 3.22. The van der Waals surface area contributed by atoms with Gasteiger partial charge in [-0.1, -0.05) is 47.7 Å². The molecule has 1 saturated heterocycles. The molecule has 7 heteroatoms. The van der Waals surface area contributed by atoms with E-state index in [1.807, 2.05) is 41.2 Å². The summed E-state index contributed by atoms with van der Waals surface area (Å²) in [7, 11) is 1.73. The van der Waals surface area contributed by atoms with E-state index >= 15 is 0 Å². The van der Waals surface area contributed by atoms with E-state index in [0.717, 1.165) is 56.3 Å². The number of rotatable bonds is 6. The van der Waals surface area contributed by atoms with Crippen LogP contribution in [0.2, 0.25) is 0 Å². The molecule has 3 aromatic rings. The molecule has 0 amide bonds. The Morgan fingerprint density at radius 2 is 1.61 bits per heavy atom.